The van der Waals surface area contributed by atoms with E-state index in [4.69, 9.17) is 5.11 Å². The summed E-state index contributed by atoms with van der Waals surface area (Å²) < 4.78 is 24.4. The van der Waals surface area contributed by atoms with Gasteiger partial charge in [-0.15, -0.1) is 0 Å². The van der Waals surface area contributed by atoms with Crippen LogP contribution in [0.3, 0.4) is 0 Å². The number of carbonyl (C=O) groups is 2. The Morgan fingerprint density at radius 1 is 1.67 bits per heavy atom. The van der Waals surface area contributed by atoms with Gasteiger partial charge in [0, 0.05) is 6.42 Å². The molecule has 0 unspecified atom stereocenters. The Labute approximate surface area is 66.6 Å². The van der Waals surface area contributed by atoms with Crippen LogP contribution in [0, 0.1) is 0 Å². The van der Waals surface area contributed by atoms with Crippen LogP contribution in [-0.2, 0) is 9.59 Å². The topological polar surface area (TPSA) is 66.4 Å². The number of rotatable bonds is 2. The Morgan fingerprint density at radius 2 is 2.25 bits per heavy atom. The minimum atomic E-state index is -3.07. The van der Waals surface area contributed by atoms with Crippen molar-refractivity contribution < 1.29 is 23.5 Å². The van der Waals surface area contributed by atoms with E-state index in [9.17, 15) is 18.4 Å². The van der Waals surface area contributed by atoms with Crippen LogP contribution in [0.4, 0.5) is 8.78 Å². The fraction of sp³-hybridized carbons (Fsp3) is 0.667. The van der Waals surface area contributed by atoms with Crippen molar-refractivity contribution in [2.75, 3.05) is 0 Å². The van der Waals surface area contributed by atoms with Gasteiger partial charge >= 0.3 is 5.97 Å². The van der Waals surface area contributed by atoms with Gasteiger partial charge in [0.1, 0.15) is 0 Å². The monoisotopic (exact) mass is 179 g/mol. The van der Waals surface area contributed by atoms with Gasteiger partial charge in [0.15, 0.2) is 5.54 Å². The molecule has 1 rings (SSSR count). The molecular formula is C6H7F2NO3. The van der Waals surface area contributed by atoms with Gasteiger partial charge in [-0.3, -0.25) is 4.79 Å². The molecule has 0 radical (unpaired) electrons. The van der Waals surface area contributed by atoms with Crippen LogP contribution in [0.2, 0.25) is 0 Å². The van der Waals surface area contributed by atoms with E-state index in [2.05, 4.69) is 0 Å². The standard InChI is InChI=1S/C6H7F2NO3/c7-4(8)6(5(11)12)2-1-3(10)9-6/h4H,1-2H2,(H,9,10)(H,11,12)/t6-/m1/s1. The number of hydrogen-bond acceptors (Lipinski definition) is 2. The molecule has 68 valence electrons. The molecule has 0 bridgehead atoms. The highest BCUT2D eigenvalue weighted by molar-refractivity contribution is 5.91. The summed E-state index contributed by atoms with van der Waals surface area (Å²) in [5, 5.41) is 10.2. The third-order valence-corrected chi connectivity index (χ3v) is 1.86. The average Bonchev–Trinajstić information content (AvgIpc) is 2.32. The van der Waals surface area contributed by atoms with Gasteiger partial charge in [-0.2, -0.15) is 0 Å². The molecule has 0 saturated carbocycles. The van der Waals surface area contributed by atoms with Gasteiger partial charge in [-0.05, 0) is 6.42 Å². The number of hydrogen-bond donors (Lipinski definition) is 2. The number of nitrogens with one attached hydrogen (secondary N) is 1. The second-order valence-electron chi connectivity index (χ2n) is 2.63. The minimum Gasteiger partial charge on any atom is -0.479 e. The fourth-order valence-electron chi connectivity index (χ4n) is 1.10. The second kappa shape index (κ2) is 2.69. The van der Waals surface area contributed by atoms with Gasteiger partial charge in [0.25, 0.3) is 6.43 Å². The van der Waals surface area contributed by atoms with Crippen molar-refractivity contribution >= 4 is 11.9 Å². The van der Waals surface area contributed by atoms with Crippen molar-refractivity contribution in [2.24, 2.45) is 0 Å². The zero-order chi connectivity index (χ0) is 9.35. The summed E-state index contributed by atoms with van der Waals surface area (Å²) in [7, 11) is 0. The van der Waals surface area contributed by atoms with Gasteiger partial charge in [0.2, 0.25) is 5.91 Å². The molecule has 0 aliphatic carbocycles. The van der Waals surface area contributed by atoms with Crippen molar-refractivity contribution in [3.63, 3.8) is 0 Å². The first kappa shape index (κ1) is 8.89. The predicted octanol–water partition coefficient (Wildman–Crippen LogP) is -0.0151. The van der Waals surface area contributed by atoms with E-state index >= 15 is 0 Å². The van der Waals surface area contributed by atoms with Crippen molar-refractivity contribution in [3.8, 4) is 0 Å². The van der Waals surface area contributed by atoms with Crippen LogP contribution in [0.15, 0.2) is 0 Å². The van der Waals surface area contributed by atoms with Gasteiger partial charge in [-0.25, -0.2) is 13.6 Å². The molecule has 0 aromatic carbocycles. The number of carboxylic acid groups (broad SMARTS) is 1. The fourth-order valence-corrected chi connectivity index (χ4v) is 1.10. The molecular weight excluding hydrogens is 172 g/mol. The van der Waals surface area contributed by atoms with Crippen LogP contribution < -0.4 is 5.32 Å². The van der Waals surface area contributed by atoms with Crippen molar-refractivity contribution in [1.82, 2.24) is 5.32 Å². The maximum atomic E-state index is 12.2. The maximum Gasteiger partial charge on any atom is 0.335 e. The second-order valence-corrected chi connectivity index (χ2v) is 2.63. The van der Waals surface area contributed by atoms with E-state index < -0.39 is 23.8 Å². The lowest BCUT2D eigenvalue weighted by molar-refractivity contribution is -0.152. The van der Waals surface area contributed by atoms with Crippen LogP contribution >= 0.6 is 0 Å². The highest BCUT2D eigenvalue weighted by Crippen LogP contribution is 2.27. The minimum absolute atomic E-state index is 0.156. The van der Waals surface area contributed by atoms with E-state index in [0.717, 1.165) is 0 Å². The van der Waals surface area contributed by atoms with Gasteiger partial charge in [-0.1, -0.05) is 0 Å². The first-order valence-corrected chi connectivity index (χ1v) is 3.31. The Morgan fingerprint density at radius 3 is 2.42 bits per heavy atom. The molecule has 1 aliphatic heterocycles. The van der Waals surface area contributed by atoms with Crippen LogP contribution in [0.25, 0.3) is 0 Å². The summed E-state index contributed by atoms with van der Waals surface area (Å²) in [5.74, 6) is -2.32. The van der Waals surface area contributed by atoms with Crippen LogP contribution in [-0.4, -0.2) is 28.9 Å². The zero-order valence-corrected chi connectivity index (χ0v) is 6.01. The molecule has 0 aromatic heterocycles. The molecule has 1 aliphatic rings. The normalized spacial score (nSPS) is 29.1. The lowest BCUT2D eigenvalue weighted by atomic mass is 9.99. The number of amides is 1. The largest absolute Gasteiger partial charge is 0.479 e. The predicted molar refractivity (Wildman–Crippen MR) is 33.7 cm³/mol. The Balaban J connectivity index is 2.89. The summed E-state index contributed by atoms with van der Waals surface area (Å²) in [6.07, 6.45) is -3.57. The molecule has 1 amide bonds. The molecule has 1 saturated heterocycles. The molecule has 0 aromatic rings. The van der Waals surface area contributed by atoms with E-state index in [1.165, 1.54) is 0 Å². The first-order chi connectivity index (χ1) is 5.49. The Kier molecular flexibility index (Phi) is 1.99. The van der Waals surface area contributed by atoms with Crippen molar-refractivity contribution in [1.29, 1.82) is 0 Å². The Bertz CT molecular complexity index is 231. The molecule has 4 nitrogen and oxygen atoms in total. The summed E-state index contributed by atoms with van der Waals surface area (Å²) in [6.45, 7) is 0. The number of halogens is 2. The molecule has 12 heavy (non-hydrogen) atoms. The van der Waals surface area contributed by atoms with Crippen LogP contribution in [0.5, 0.6) is 0 Å². The highest BCUT2D eigenvalue weighted by atomic mass is 19.3. The lowest BCUT2D eigenvalue weighted by Gasteiger charge is -2.22. The number of alkyl halides is 2. The molecule has 1 fully saturated rings. The van der Waals surface area contributed by atoms with E-state index in [-0.39, 0.29) is 12.8 Å². The van der Waals surface area contributed by atoms with E-state index in [0.29, 0.717) is 0 Å². The first-order valence-electron chi connectivity index (χ1n) is 3.31. The molecule has 2 N–H and O–H groups in total. The summed E-state index contributed by atoms with van der Waals surface area (Å²) in [4.78, 5) is 21.0. The van der Waals surface area contributed by atoms with Crippen molar-refractivity contribution in [3.05, 3.63) is 0 Å². The van der Waals surface area contributed by atoms with E-state index in [1.54, 1.807) is 5.32 Å². The Hall–Kier alpha value is -1.20. The van der Waals surface area contributed by atoms with E-state index in [1.807, 2.05) is 0 Å². The highest BCUT2D eigenvalue weighted by Gasteiger charge is 2.52. The summed E-state index contributed by atoms with van der Waals surface area (Å²) in [5.41, 5.74) is -2.35. The average molecular weight is 179 g/mol. The maximum absolute atomic E-state index is 12.2. The molecule has 1 heterocycles. The number of carboxylic acids is 1. The number of carbonyl (C=O) groups excluding carboxylic acids is 1. The van der Waals surface area contributed by atoms with Crippen LogP contribution in [0.1, 0.15) is 12.8 Å². The summed E-state index contributed by atoms with van der Waals surface area (Å²) in [6, 6.07) is 0. The lowest BCUT2D eigenvalue weighted by Crippen LogP contribution is -2.54. The van der Waals surface area contributed by atoms with Gasteiger partial charge in [0.05, 0.1) is 0 Å². The van der Waals surface area contributed by atoms with Gasteiger partial charge < -0.3 is 10.4 Å². The molecule has 0 spiro atoms. The quantitative estimate of drug-likeness (QED) is 0.626. The summed E-state index contributed by atoms with van der Waals surface area (Å²) >= 11 is 0. The molecule has 1 atom stereocenters. The number of aliphatic carboxylic acids is 1. The zero-order valence-electron chi connectivity index (χ0n) is 6.01. The third kappa shape index (κ3) is 1.13. The SMILES string of the molecule is O=C1CC[C@](C(=O)O)(C(F)F)N1. The van der Waals surface area contributed by atoms with Crippen molar-refractivity contribution in [2.45, 2.75) is 24.8 Å². The smallest absolute Gasteiger partial charge is 0.335 e. The third-order valence-electron chi connectivity index (χ3n) is 1.86. The molecule has 6 heteroatoms.